The van der Waals surface area contributed by atoms with Crippen LogP contribution in [-0.4, -0.2) is 42.8 Å². The summed E-state index contributed by atoms with van der Waals surface area (Å²) in [7, 11) is 0. The van der Waals surface area contributed by atoms with Crippen molar-refractivity contribution in [2.45, 2.75) is 30.6 Å². The largest absolute Gasteiger partial charge is 0.335 e. The van der Waals surface area contributed by atoms with E-state index in [9.17, 15) is 9.18 Å². The molecule has 1 aromatic carbocycles. The molecule has 6 nitrogen and oxygen atoms in total. The number of amides is 1. The van der Waals surface area contributed by atoms with E-state index < -0.39 is 0 Å². The van der Waals surface area contributed by atoms with Gasteiger partial charge in [0, 0.05) is 36.1 Å². The summed E-state index contributed by atoms with van der Waals surface area (Å²) in [5, 5.41) is 7.54. The second kappa shape index (κ2) is 7.87. The van der Waals surface area contributed by atoms with E-state index in [1.54, 1.807) is 35.5 Å². The number of halogens is 1. The van der Waals surface area contributed by atoms with E-state index in [1.165, 1.54) is 17.8 Å². The summed E-state index contributed by atoms with van der Waals surface area (Å²) < 4.78 is 13.9. The third-order valence-corrected chi connectivity index (χ3v) is 5.18. The second-order valence-electron chi connectivity index (χ2n) is 6.34. The van der Waals surface area contributed by atoms with Crippen molar-refractivity contribution in [3.63, 3.8) is 0 Å². The molecule has 1 fully saturated rings. The molecule has 0 radical (unpaired) electrons. The van der Waals surface area contributed by atoms with E-state index in [4.69, 9.17) is 0 Å². The molecule has 2 heterocycles. The van der Waals surface area contributed by atoms with Crippen LogP contribution >= 0.6 is 11.8 Å². The number of aromatic nitrogens is 4. The highest BCUT2D eigenvalue weighted by atomic mass is 32.2. The Labute approximate surface area is 160 Å². The van der Waals surface area contributed by atoms with Gasteiger partial charge in [0.05, 0.1) is 5.75 Å². The van der Waals surface area contributed by atoms with Crippen LogP contribution in [0.5, 0.6) is 0 Å². The number of hydrogen-bond donors (Lipinski definition) is 1. The number of carbonyl (C=O) groups excluding carboxylic acids is 1. The minimum Gasteiger partial charge on any atom is -0.335 e. The third-order valence-electron chi connectivity index (χ3n) is 4.35. The van der Waals surface area contributed by atoms with Gasteiger partial charge in [0.1, 0.15) is 5.82 Å². The van der Waals surface area contributed by atoms with Crippen LogP contribution in [0.15, 0.2) is 53.9 Å². The fourth-order valence-electron chi connectivity index (χ4n) is 2.78. The molecular formula is C19H18FN5OS. The van der Waals surface area contributed by atoms with Crippen LogP contribution in [0.1, 0.15) is 18.4 Å². The van der Waals surface area contributed by atoms with Gasteiger partial charge in [-0.2, -0.15) is 0 Å². The summed E-state index contributed by atoms with van der Waals surface area (Å²) in [6.07, 6.45) is 5.31. The van der Waals surface area contributed by atoms with Gasteiger partial charge in [0.15, 0.2) is 5.82 Å². The predicted octanol–water partition coefficient (Wildman–Crippen LogP) is 3.29. The number of hydrogen-bond acceptors (Lipinski definition) is 5. The lowest BCUT2D eigenvalue weighted by Gasteiger charge is -2.22. The zero-order valence-corrected chi connectivity index (χ0v) is 15.3. The van der Waals surface area contributed by atoms with Gasteiger partial charge >= 0.3 is 0 Å². The average Bonchev–Trinajstić information content (AvgIpc) is 3.43. The Hall–Kier alpha value is -2.74. The number of nitrogens with zero attached hydrogens (tertiary/aromatic N) is 4. The molecule has 138 valence electrons. The molecule has 1 aliphatic rings. The Morgan fingerprint density at radius 3 is 2.74 bits per heavy atom. The smallest absolute Gasteiger partial charge is 0.233 e. The van der Waals surface area contributed by atoms with Crippen LogP contribution in [0.4, 0.5) is 4.39 Å². The maximum atomic E-state index is 13.9. The summed E-state index contributed by atoms with van der Waals surface area (Å²) in [5.41, 5.74) is 1.43. The maximum Gasteiger partial charge on any atom is 0.233 e. The zero-order chi connectivity index (χ0) is 18.6. The van der Waals surface area contributed by atoms with Crippen molar-refractivity contribution in [2.24, 2.45) is 0 Å². The first kappa shape index (κ1) is 17.7. The minimum absolute atomic E-state index is 0.0268. The van der Waals surface area contributed by atoms with Crippen molar-refractivity contribution in [1.29, 1.82) is 0 Å². The van der Waals surface area contributed by atoms with Crippen molar-refractivity contribution in [2.75, 3.05) is 5.75 Å². The maximum absolute atomic E-state index is 13.9. The third kappa shape index (κ3) is 4.33. The van der Waals surface area contributed by atoms with Gasteiger partial charge in [-0.1, -0.05) is 30.0 Å². The summed E-state index contributed by atoms with van der Waals surface area (Å²) in [6.45, 7) is 0.299. The van der Waals surface area contributed by atoms with Crippen LogP contribution in [0.3, 0.4) is 0 Å². The molecule has 3 aromatic rings. The van der Waals surface area contributed by atoms with Crippen molar-refractivity contribution in [3.8, 4) is 11.4 Å². The van der Waals surface area contributed by atoms with Crippen LogP contribution in [0.25, 0.3) is 11.4 Å². The first-order valence-electron chi connectivity index (χ1n) is 8.69. The minimum atomic E-state index is -0.278. The molecule has 0 bridgehead atoms. The standard InChI is InChI=1S/C19H18FN5OS/c20-16-4-2-1-3-14(16)11-25(15-5-6-15)17(26)12-27-19-22-18(23-24-19)13-7-9-21-10-8-13/h1-4,7-10,15H,5-6,11-12H2,(H,22,23,24). The lowest BCUT2D eigenvalue weighted by Crippen LogP contribution is -2.34. The fourth-order valence-corrected chi connectivity index (χ4v) is 3.46. The first-order chi connectivity index (χ1) is 13.2. The fraction of sp³-hybridized carbons (Fsp3) is 0.263. The SMILES string of the molecule is O=C(CSc1n[nH]c(-c2ccncc2)n1)N(Cc1ccccc1F)C1CC1. The van der Waals surface area contributed by atoms with Crippen molar-refractivity contribution in [3.05, 3.63) is 60.2 Å². The average molecular weight is 383 g/mol. The number of benzene rings is 1. The molecule has 0 atom stereocenters. The van der Waals surface area contributed by atoms with E-state index in [0.717, 1.165) is 18.4 Å². The number of pyridine rings is 1. The van der Waals surface area contributed by atoms with Gasteiger partial charge in [-0.3, -0.25) is 14.9 Å². The molecule has 8 heteroatoms. The molecule has 1 amide bonds. The first-order valence-corrected chi connectivity index (χ1v) is 9.68. The number of thioether (sulfide) groups is 1. The molecular weight excluding hydrogens is 365 g/mol. The number of carbonyl (C=O) groups is 1. The molecule has 1 aliphatic carbocycles. The van der Waals surface area contributed by atoms with Crippen LogP contribution in [0, 0.1) is 5.82 Å². The molecule has 27 heavy (non-hydrogen) atoms. The van der Waals surface area contributed by atoms with E-state index in [2.05, 4.69) is 20.2 Å². The Kier molecular flexibility index (Phi) is 5.15. The van der Waals surface area contributed by atoms with Gasteiger partial charge in [0.25, 0.3) is 0 Å². The summed E-state index contributed by atoms with van der Waals surface area (Å²) >= 11 is 1.28. The molecule has 0 saturated heterocycles. The van der Waals surface area contributed by atoms with Gasteiger partial charge in [-0.25, -0.2) is 9.37 Å². The van der Waals surface area contributed by atoms with Crippen LogP contribution in [-0.2, 0) is 11.3 Å². The van der Waals surface area contributed by atoms with Crippen molar-refractivity contribution < 1.29 is 9.18 Å². The number of aromatic amines is 1. The molecule has 1 saturated carbocycles. The van der Waals surface area contributed by atoms with Crippen molar-refractivity contribution >= 4 is 17.7 Å². The Morgan fingerprint density at radius 2 is 2.00 bits per heavy atom. The normalized spacial score (nSPS) is 13.5. The summed E-state index contributed by atoms with van der Waals surface area (Å²) in [4.78, 5) is 22.8. The molecule has 0 unspecified atom stereocenters. The quantitative estimate of drug-likeness (QED) is 0.634. The topological polar surface area (TPSA) is 74.8 Å². The zero-order valence-electron chi connectivity index (χ0n) is 14.5. The Morgan fingerprint density at radius 1 is 1.22 bits per heavy atom. The van der Waals surface area contributed by atoms with Gasteiger partial charge in [0.2, 0.25) is 11.1 Å². The summed E-state index contributed by atoms with van der Waals surface area (Å²) in [5.74, 6) is 0.553. The van der Waals surface area contributed by atoms with Crippen LogP contribution in [0.2, 0.25) is 0 Å². The highest BCUT2D eigenvalue weighted by Crippen LogP contribution is 2.30. The van der Waals surface area contributed by atoms with Crippen molar-refractivity contribution in [1.82, 2.24) is 25.1 Å². The molecule has 2 aromatic heterocycles. The lowest BCUT2D eigenvalue weighted by molar-refractivity contribution is -0.129. The van der Waals surface area contributed by atoms with Gasteiger partial charge in [-0.05, 0) is 31.0 Å². The number of H-pyrrole nitrogens is 1. The van der Waals surface area contributed by atoms with E-state index in [0.29, 0.717) is 23.1 Å². The van der Waals surface area contributed by atoms with E-state index in [-0.39, 0.29) is 23.5 Å². The molecule has 0 aliphatic heterocycles. The van der Waals surface area contributed by atoms with Crippen LogP contribution < -0.4 is 0 Å². The van der Waals surface area contributed by atoms with Gasteiger partial charge < -0.3 is 4.90 Å². The second-order valence-corrected chi connectivity index (χ2v) is 7.28. The molecule has 0 spiro atoms. The number of rotatable bonds is 7. The molecule has 1 N–H and O–H groups in total. The van der Waals surface area contributed by atoms with E-state index >= 15 is 0 Å². The number of nitrogens with one attached hydrogen (secondary N) is 1. The highest BCUT2D eigenvalue weighted by molar-refractivity contribution is 7.99. The summed E-state index contributed by atoms with van der Waals surface area (Å²) in [6, 6.07) is 10.5. The van der Waals surface area contributed by atoms with E-state index in [1.807, 2.05) is 12.1 Å². The lowest BCUT2D eigenvalue weighted by atomic mass is 10.2. The Bertz CT molecular complexity index is 929. The Balaban J connectivity index is 1.39. The predicted molar refractivity (Wildman–Crippen MR) is 100 cm³/mol. The van der Waals surface area contributed by atoms with Gasteiger partial charge in [-0.15, -0.1) is 5.10 Å². The monoisotopic (exact) mass is 383 g/mol. The molecule has 4 rings (SSSR count). The highest BCUT2D eigenvalue weighted by Gasteiger charge is 2.33.